The highest BCUT2D eigenvalue weighted by Crippen LogP contribution is 2.20. The first-order valence-electron chi connectivity index (χ1n) is 10.1. The zero-order chi connectivity index (χ0) is 22.5. The van der Waals surface area contributed by atoms with Gasteiger partial charge >= 0.3 is 11.9 Å². The van der Waals surface area contributed by atoms with Crippen molar-refractivity contribution in [3.63, 3.8) is 0 Å². The van der Waals surface area contributed by atoms with Crippen LogP contribution in [0.2, 0.25) is 0 Å². The molecule has 4 rings (SSSR count). The minimum atomic E-state index is -0.939. The number of aromatic carboxylic acids is 2. The molecular formula is C26H22N2O4+2. The summed E-state index contributed by atoms with van der Waals surface area (Å²) in [5.41, 5.74) is 4.85. The van der Waals surface area contributed by atoms with Crippen LogP contribution in [0.25, 0.3) is 11.1 Å². The first-order chi connectivity index (χ1) is 15.5. The van der Waals surface area contributed by atoms with E-state index in [1.54, 1.807) is 36.7 Å². The average Bonchev–Trinajstić information content (AvgIpc) is 2.80. The normalized spacial score (nSPS) is 10.6. The minimum absolute atomic E-state index is 0.261. The topological polar surface area (TPSA) is 82.4 Å². The Labute approximate surface area is 185 Å². The lowest BCUT2D eigenvalue weighted by Gasteiger charge is -2.05. The first-order valence-corrected chi connectivity index (χ1v) is 10.1. The van der Waals surface area contributed by atoms with Crippen LogP contribution in [0.1, 0.15) is 31.8 Å². The van der Waals surface area contributed by atoms with Crippen LogP contribution < -0.4 is 9.13 Å². The van der Waals surface area contributed by atoms with Crippen molar-refractivity contribution in [1.29, 1.82) is 0 Å². The minimum Gasteiger partial charge on any atom is -0.477 e. The Morgan fingerprint density at radius 2 is 0.969 bits per heavy atom. The summed E-state index contributed by atoms with van der Waals surface area (Å²) in [6.07, 6.45) is 6.95. The molecule has 0 aliphatic heterocycles. The smallest absolute Gasteiger partial charge is 0.341 e. The summed E-state index contributed by atoms with van der Waals surface area (Å²) in [7, 11) is 0. The lowest BCUT2D eigenvalue weighted by molar-refractivity contribution is -0.688. The summed E-state index contributed by atoms with van der Waals surface area (Å²) >= 11 is 0. The van der Waals surface area contributed by atoms with Gasteiger partial charge < -0.3 is 10.2 Å². The van der Waals surface area contributed by atoms with Crippen molar-refractivity contribution < 1.29 is 28.9 Å². The molecule has 0 amide bonds. The Balaban J connectivity index is 1.44. The van der Waals surface area contributed by atoms with Crippen molar-refractivity contribution in [1.82, 2.24) is 0 Å². The number of hydrogen-bond donors (Lipinski definition) is 2. The number of carbonyl (C=O) groups is 2. The van der Waals surface area contributed by atoms with Crippen molar-refractivity contribution in [2.24, 2.45) is 0 Å². The molecule has 0 saturated carbocycles. The van der Waals surface area contributed by atoms with E-state index in [2.05, 4.69) is 24.3 Å². The van der Waals surface area contributed by atoms with E-state index in [0.29, 0.717) is 13.1 Å². The zero-order valence-corrected chi connectivity index (χ0v) is 17.3. The molecule has 0 radical (unpaired) electrons. The summed E-state index contributed by atoms with van der Waals surface area (Å²) in [6.45, 7) is 1.18. The molecule has 0 unspecified atom stereocenters. The third kappa shape index (κ3) is 5.05. The van der Waals surface area contributed by atoms with E-state index in [1.165, 1.54) is 0 Å². The molecule has 0 bridgehead atoms. The van der Waals surface area contributed by atoms with E-state index in [9.17, 15) is 9.59 Å². The Kier molecular flexibility index (Phi) is 6.03. The first kappa shape index (κ1) is 20.9. The van der Waals surface area contributed by atoms with E-state index in [-0.39, 0.29) is 11.1 Å². The lowest BCUT2D eigenvalue weighted by Crippen LogP contribution is -2.34. The van der Waals surface area contributed by atoms with Crippen LogP contribution >= 0.6 is 0 Å². The van der Waals surface area contributed by atoms with E-state index < -0.39 is 11.9 Å². The monoisotopic (exact) mass is 426 g/mol. The predicted molar refractivity (Wildman–Crippen MR) is 117 cm³/mol. The SMILES string of the molecule is O=C(O)c1ccc[n+](Cc2ccc(-c3ccc(C[n+]4cccc(C(=O)O)c4)cc3)cc2)c1. The van der Waals surface area contributed by atoms with Gasteiger partial charge in [-0.25, -0.2) is 9.59 Å². The van der Waals surface area contributed by atoms with E-state index in [0.717, 1.165) is 22.3 Å². The number of rotatable bonds is 7. The van der Waals surface area contributed by atoms with Crippen LogP contribution in [0.15, 0.2) is 97.6 Å². The fourth-order valence-electron chi connectivity index (χ4n) is 3.52. The number of hydrogen-bond acceptors (Lipinski definition) is 2. The second-order valence-electron chi connectivity index (χ2n) is 7.53. The van der Waals surface area contributed by atoms with Crippen LogP contribution in [0.5, 0.6) is 0 Å². The van der Waals surface area contributed by atoms with Gasteiger partial charge in [0.05, 0.1) is 0 Å². The number of carboxylic acids is 2. The maximum Gasteiger partial charge on any atom is 0.341 e. The van der Waals surface area contributed by atoms with Crippen LogP contribution in [-0.4, -0.2) is 22.2 Å². The van der Waals surface area contributed by atoms with Crippen molar-refractivity contribution in [2.75, 3.05) is 0 Å². The van der Waals surface area contributed by atoms with E-state index in [1.807, 2.05) is 45.8 Å². The fraction of sp³-hybridized carbons (Fsp3) is 0.0769. The molecule has 2 N–H and O–H groups in total. The highest BCUT2D eigenvalue weighted by molar-refractivity contribution is 5.87. The highest BCUT2D eigenvalue weighted by Gasteiger charge is 2.11. The molecule has 0 atom stereocenters. The van der Waals surface area contributed by atoms with Gasteiger partial charge in [0.2, 0.25) is 0 Å². The Morgan fingerprint density at radius 1 is 0.594 bits per heavy atom. The largest absolute Gasteiger partial charge is 0.477 e. The van der Waals surface area contributed by atoms with Gasteiger partial charge in [-0.2, -0.15) is 9.13 Å². The maximum absolute atomic E-state index is 11.1. The van der Waals surface area contributed by atoms with Crippen LogP contribution in [0, 0.1) is 0 Å². The van der Waals surface area contributed by atoms with Gasteiger partial charge in [0, 0.05) is 23.3 Å². The van der Waals surface area contributed by atoms with Gasteiger partial charge in [0.15, 0.2) is 37.9 Å². The Morgan fingerprint density at radius 3 is 1.31 bits per heavy atom. The maximum atomic E-state index is 11.1. The number of pyridine rings is 2. The molecule has 2 aromatic carbocycles. The second kappa shape index (κ2) is 9.22. The molecule has 2 aromatic heterocycles. The molecule has 6 nitrogen and oxygen atoms in total. The van der Waals surface area contributed by atoms with E-state index in [4.69, 9.17) is 10.2 Å². The van der Waals surface area contributed by atoms with Gasteiger partial charge in [0.25, 0.3) is 0 Å². The van der Waals surface area contributed by atoms with Gasteiger partial charge in [-0.15, -0.1) is 0 Å². The molecule has 0 aliphatic rings. The van der Waals surface area contributed by atoms with Gasteiger partial charge in [0.1, 0.15) is 11.1 Å². The standard InChI is InChI=1S/C26H20N2O4/c29-25(30)23-3-1-13-27(17-23)15-19-5-9-21(10-6-19)22-11-7-20(8-12-22)16-28-14-2-4-24(18-28)26(31)32/h1-14,17-18H,15-16H2/p+2. The summed E-state index contributed by atoms with van der Waals surface area (Å²) in [4.78, 5) is 22.3. The molecule has 6 heteroatoms. The molecule has 0 fully saturated rings. The summed E-state index contributed by atoms with van der Waals surface area (Å²) < 4.78 is 3.70. The summed E-state index contributed by atoms with van der Waals surface area (Å²) in [5, 5.41) is 18.3. The van der Waals surface area contributed by atoms with Crippen molar-refractivity contribution in [3.8, 4) is 11.1 Å². The Bertz CT molecular complexity index is 1160. The third-order valence-corrected chi connectivity index (χ3v) is 5.18. The van der Waals surface area contributed by atoms with Crippen LogP contribution in [0.4, 0.5) is 0 Å². The molecule has 2 heterocycles. The summed E-state index contributed by atoms with van der Waals surface area (Å²) in [5.74, 6) is -1.88. The molecule has 0 aliphatic carbocycles. The number of nitrogens with zero attached hydrogens (tertiary/aromatic N) is 2. The predicted octanol–water partition coefficient (Wildman–Crippen LogP) is 3.42. The van der Waals surface area contributed by atoms with Gasteiger partial charge in [-0.05, 0) is 23.3 Å². The molecule has 32 heavy (non-hydrogen) atoms. The van der Waals surface area contributed by atoms with E-state index >= 15 is 0 Å². The van der Waals surface area contributed by atoms with Crippen molar-refractivity contribution >= 4 is 11.9 Å². The van der Waals surface area contributed by atoms with Crippen molar-refractivity contribution in [2.45, 2.75) is 13.1 Å². The molecule has 0 saturated heterocycles. The highest BCUT2D eigenvalue weighted by atomic mass is 16.4. The van der Waals surface area contributed by atoms with Gasteiger partial charge in [-0.1, -0.05) is 48.5 Å². The quantitative estimate of drug-likeness (QED) is 0.444. The molecule has 0 spiro atoms. The number of carboxylic acid groups (broad SMARTS) is 2. The number of benzene rings is 2. The number of aromatic nitrogens is 2. The van der Waals surface area contributed by atoms with Gasteiger partial charge in [-0.3, -0.25) is 0 Å². The molecule has 158 valence electrons. The lowest BCUT2D eigenvalue weighted by atomic mass is 10.0. The molecule has 4 aromatic rings. The second-order valence-corrected chi connectivity index (χ2v) is 7.53. The van der Waals surface area contributed by atoms with Crippen LogP contribution in [-0.2, 0) is 13.1 Å². The molecular weight excluding hydrogens is 404 g/mol. The van der Waals surface area contributed by atoms with Crippen molar-refractivity contribution in [3.05, 3.63) is 120 Å². The third-order valence-electron chi connectivity index (χ3n) is 5.18. The fourth-order valence-corrected chi connectivity index (χ4v) is 3.52. The zero-order valence-electron chi connectivity index (χ0n) is 17.3. The Hall–Kier alpha value is -4.32. The summed E-state index contributed by atoms with van der Waals surface area (Å²) in [6, 6.07) is 23.0. The average molecular weight is 426 g/mol. The van der Waals surface area contributed by atoms with Crippen LogP contribution in [0.3, 0.4) is 0 Å².